The van der Waals surface area contributed by atoms with Crippen molar-refractivity contribution in [2.45, 2.75) is 33.2 Å². The molecule has 0 amide bonds. The molecule has 0 fully saturated rings. The van der Waals surface area contributed by atoms with Crippen molar-refractivity contribution in [1.29, 1.82) is 0 Å². The molecule has 4 nitrogen and oxygen atoms in total. The predicted octanol–water partition coefficient (Wildman–Crippen LogP) is 2.39. The standard InChI is InChI=1S/C13H20N4S/c1-5-14-13(6-11-8-18-10(3)15-11)12-7-17(4)16-9(12)2/h7-8,13-14H,5-6H2,1-4H3. The zero-order valence-electron chi connectivity index (χ0n) is 11.4. The fourth-order valence-electron chi connectivity index (χ4n) is 2.21. The Morgan fingerprint density at radius 1 is 1.44 bits per heavy atom. The van der Waals surface area contributed by atoms with Gasteiger partial charge < -0.3 is 5.32 Å². The highest BCUT2D eigenvalue weighted by Gasteiger charge is 2.17. The summed E-state index contributed by atoms with van der Waals surface area (Å²) in [5.74, 6) is 0. The van der Waals surface area contributed by atoms with Gasteiger partial charge in [0.2, 0.25) is 0 Å². The first-order valence-corrected chi connectivity index (χ1v) is 7.12. The molecule has 0 aliphatic heterocycles. The van der Waals surface area contributed by atoms with Crippen LogP contribution in [0.1, 0.15) is 34.9 Å². The highest BCUT2D eigenvalue weighted by molar-refractivity contribution is 7.09. The molecular weight excluding hydrogens is 244 g/mol. The molecule has 0 aromatic carbocycles. The maximum Gasteiger partial charge on any atom is 0.0897 e. The van der Waals surface area contributed by atoms with E-state index < -0.39 is 0 Å². The summed E-state index contributed by atoms with van der Waals surface area (Å²) >= 11 is 1.71. The summed E-state index contributed by atoms with van der Waals surface area (Å²) in [6, 6.07) is 0.296. The highest BCUT2D eigenvalue weighted by Crippen LogP contribution is 2.21. The molecule has 1 atom stereocenters. The van der Waals surface area contributed by atoms with Gasteiger partial charge in [0.05, 0.1) is 16.4 Å². The maximum atomic E-state index is 4.55. The van der Waals surface area contributed by atoms with Gasteiger partial charge in [-0.15, -0.1) is 11.3 Å². The summed E-state index contributed by atoms with van der Waals surface area (Å²) in [7, 11) is 1.96. The first-order valence-electron chi connectivity index (χ1n) is 6.24. The SMILES string of the molecule is CCNC(Cc1csc(C)n1)c1cn(C)nc1C. The van der Waals surface area contributed by atoms with Gasteiger partial charge in [-0.3, -0.25) is 4.68 Å². The van der Waals surface area contributed by atoms with Gasteiger partial charge in [0.15, 0.2) is 0 Å². The Labute approximate surface area is 112 Å². The van der Waals surface area contributed by atoms with E-state index in [4.69, 9.17) is 0 Å². The number of nitrogens with zero attached hydrogens (tertiary/aromatic N) is 3. The van der Waals surface area contributed by atoms with Crippen LogP contribution in [0.3, 0.4) is 0 Å². The smallest absolute Gasteiger partial charge is 0.0897 e. The van der Waals surface area contributed by atoms with Crippen LogP contribution in [0.2, 0.25) is 0 Å². The van der Waals surface area contributed by atoms with Crippen LogP contribution in [0.4, 0.5) is 0 Å². The van der Waals surface area contributed by atoms with Crippen LogP contribution in [0, 0.1) is 13.8 Å². The van der Waals surface area contributed by atoms with Crippen molar-refractivity contribution >= 4 is 11.3 Å². The Kier molecular flexibility index (Phi) is 4.14. The first kappa shape index (κ1) is 13.2. The molecule has 2 aromatic heterocycles. The van der Waals surface area contributed by atoms with Gasteiger partial charge in [0.25, 0.3) is 0 Å². The third kappa shape index (κ3) is 2.97. The molecule has 5 heteroatoms. The van der Waals surface area contributed by atoms with E-state index in [1.165, 1.54) is 5.56 Å². The van der Waals surface area contributed by atoms with Gasteiger partial charge in [-0.2, -0.15) is 5.10 Å². The summed E-state index contributed by atoms with van der Waals surface area (Å²) < 4.78 is 1.88. The average molecular weight is 264 g/mol. The topological polar surface area (TPSA) is 42.7 Å². The minimum Gasteiger partial charge on any atom is -0.310 e. The number of thiazole rings is 1. The van der Waals surface area contributed by atoms with Gasteiger partial charge in [0.1, 0.15) is 0 Å². The van der Waals surface area contributed by atoms with Crippen molar-refractivity contribution in [3.63, 3.8) is 0 Å². The highest BCUT2D eigenvalue weighted by atomic mass is 32.1. The second kappa shape index (κ2) is 5.63. The molecule has 98 valence electrons. The lowest BCUT2D eigenvalue weighted by Crippen LogP contribution is -2.23. The molecule has 0 saturated heterocycles. The quantitative estimate of drug-likeness (QED) is 0.901. The number of aryl methyl sites for hydroxylation is 3. The number of aromatic nitrogens is 3. The normalized spacial score (nSPS) is 12.9. The number of rotatable bonds is 5. The van der Waals surface area contributed by atoms with Gasteiger partial charge in [-0.05, 0) is 20.4 Å². The molecule has 1 N–H and O–H groups in total. The van der Waals surface area contributed by atoms with E-state index in [9.17, 15) is 0 Å². The Hall–Kier alpha value is -1.20. The lowest BCUT2D eigenvalue weighted by Gasteiger charge is -2.16. The molecule has 18 heavy (non-hydrogen) atoms. The van der Waals surface area contributed by atoms with Crippen LogP contribution < -0.4 is 5.32 Å². The van der Waals surface area contributed by atoms with Crippen molar-refractivity contribution < 1.29 is 0 Å². The first-order chi connectivity index (χ1) is 8.60. The number of nitrogens with one attached hydrogen (secondary N) is 1. The second-order valence-corrected chi connectivity index (χ2v) is 5.58. The summed E-state index contributed by atoms with van der Waals surface area (Å²) in [6.07, 6.45) is 3.02. The Balaban J connectivity index is 2.20. The van der Waals surface area contributed by atoms with E-state index in [1.807, 2.05) is 18.7 Å². The van der Waals surface area contributed by atoms with Gasteiger partial charge in [-0.1, -0.05) is 6.92 Å². The molecule has 0 spiro atoms. The molecule has 0 aliphatic carbocycles. The molecule has 2 aromatic rings. The van der Waals surface area contributed by atoms with Crippen LogP contribution in [0.15, 0.2) is 11.6 Å². The minimum atomic E-state index is 0.296. The molecule has 0 bridgehead atoms. The van der Waals surface area contributed by atoms with E-state index in [1.54, 1.807) is 11.3 Å². The fraction of sp³-hybridized carbons (Fsp3) is 0.538. The monoisotopic (exact) mass is 264 g/mol. The maximum absolute atomic E-state index is 4.55. The zero-order valence-corrected chi connectivity index (χ0v) is 12.2. The number of hydrogen-bond donors (Lipinski definition) is 1. The van der Waals surface area contributed by atoms with E-state index in [-0.39, 0.29) is 0 Å². The molecule has 0 saturated carbocycles. The van der Waals surface area contributed by atoms with Crippen molar-refractivity contribution in [3.05, 3.63) is 33.5 Å². The van der Waals surface area contributed by atoms with Crippen LogP contribution in [0.5, 0.6) is 0 Å². The summed E-state index contributed by atoms with van der Waals surface area (Å²) in [5, 5.41) is 11.2. The Morgan fingerprint density at radius 2 is 2.22 bits per heavy atom. The third-order valence-electron chi connectivity index (χ3n) is 2.96. The lowest BCUT2D eigenvalue weighted by molar-refractivity contribution is 0.542. The van der Waals surface area contributed by atoms with E-state index in [0.29, 0.717) is 6.04 Å². The Bertz CT molecular complexity index is 515. The summed E-state index contributed by atoms with van der Waals surface area (Å²) in [4.78, 5) is 4.55. The predicted molar refractivity (Wildman–Crippen MR) is 74.9 cm³/mol. The van der Waals surface area contributed by atoms with Crippen molar-refractivity contribution in [3.8, 4) is 0 Å². The number of hydrogen-bond acceptors (Lipinski definition) is 4. The van der Waals surface area contributed by atoms with Crippen LogP contribution >= 0.6 is 11.3 Å². The van der Waals surface area contributed by atoms with Gasteiger partial charge >= 0.3 is 0 Å². The zero-order chi connectivity index (χ0) is 13.1. The van der Waals surface area contributed by atoms with Crippen LogP contribution in [-0.4, -0.2) is 21.3 Å². The van der Waals surface area contributed by atoms with Crippen molar-refractivity contribution in [2.24, 2.45) is 7.05 Å². The molecular formula is C13H20N4S. The summed E-state index contributed by atoms with van der Waals surface area (Å²) in [6.45, 7) is 7.19. The molecule has 0 aliphatic rings. The van der Waals surface area contributed by atoms with Crippen molar-refractivity contribution in [2.75, 3.05) is 6.54 Å². The largest absolute Gasteiger partial charge is 0.310 e. The van der Waals surface area contributed by atoms with Crippen LogP contribution in [0.25, 0.3) is 0 Å². The van der Waals surface area contributed by atoms with E-state index in [2.05, 4.69) is 40.8 Å². The molecule has 2 rings (SSSR count). The fourth-order valence-corrected chi connectivity index (χ4v) is 2.84. The molecule has 2 heterocycles. The van der Waals surface area contributed by atoms with Crippen LogP contribution in [-0.2, 0) is 13.5 Å². The number of likely N-dealkylation sites (N-methyl/N-ethyl adjacent to an activating group) is 1. The molecule has 1 unspecified atom stereocenters. The third-order valence-corrected chi connectivity index (χ3v) is 3.78. The van der Waals surface area contributed by atoms with E-state index in [0.717, 1.165) is 29.4 Å². The van der Waals surface area contributed by atoms with Gasteiger partial charge in [-0.25, -0.2) is 4.98 Å². The summed E-state index contributed by atoms with van der Waals surface area (Å²) in [5.41, 5.74) is 3.52. The minimum absolute atomic E-state index is 0.296. The van der Waals surface area contributed by atoms with Crippen molar-refractivity contribution in [1.82, 2.24) is 20.1 Å². The van der Waals surface area contributed by atoms with Gasteiger partial charge in [0, 0.05) is 36.7 Å². The lowest BCUT2D eigenvalue weighted by atomic mass is 10.0. The second-order valence-electron chi connectivity index (χ2n) is 4.52. The molecule has 0 radical (unpaired) electrons. The Morgan fingerprint density at radius 3 is 2.72 bits per heavy atom. The average Bonchev–Trinajstić information content (AvgIpc) is 2.84. The van der Waals surface area contributed by atoms with E-state index >= 15 is 0 Å².